The van der Waals surface area contributed by atoms with Crippen molar-refractivity contribution in [2.45, 2.75) is 26.9 Å². The molecular weight excluding hydrogens is 550 g/mol. The highest BCUT2D eigenvalue weighted by atomic mass is 16.7. The average molecular weight is 586 g/mol. The lowest BCUT2D eigenvalue weighted by molar-refractivity contribution is 0.0615. The van der Waals surface area contributed by atoms with Crippen LogP contribution in [0.1, 0.15) is 34.1 Å². The third kappa shape index (κ3) is 5.99. The van der Waals surface area contributed by atoms with Gasteiger partial charge in [-0.3, -0.25) is 19.4 Å². The SMILES string of the molecule is CCc1nc2c(C)cc(-c3ccc(C(=O)N4CCN(CCO)CC4)cc3)cn2c1NC(=O)OCc1ccc2c(c1)OCO2. The monoisotopic (exact) mass is 585 g/mol. The number of pyridine rings is 1. The highest BCUT2D eigenvalue weighted by Crippen LogP contribution is 2.33. The molecule has 0 spiro atoms. The summed E-state index contributed by atoms with van der Waals surface area (Å²) in [6.07, 6.45) is 1.98. The fourth-order valence-electron chi connectivity index (χ4n) is 5.51. The third-order valence-electron chi connectivity index (χ3n) is 7.88. The van der Waals surface area contributed by atoms with E-state index in [1.165, 1.54) is 0 Å². The van der Waals surface area contributed by atoms with Gasteiger partial charge in [0.2, 0.25) is 6.79 Å². The first kappa shape index (κ1) is 28.5. The number of aliphatic hydroxyl groups is 1. The second kappa shape index (κ2) is 12.3. The summed E-state index contributed by atoms with van der Waals surface area (Å²) in [5.41, 5.74) is 5.75. The Hall–Kier alpha value is -4.61. The molecule has 1 fully saturated rings. The predicted molar refractivity (Wildman–Crippen MR) is 161 cm³/mol. The van der Waals surface area contributed by atoms with Crippen molar-refractivity contribution in [2.75, 3.05) is 51.4 Å². The van der Waals surface area contributed by atoms with E-state index >= 15 is 0 Å². The number of imidazole rings is 1. The fourth-order valence-corrected chi connectivity index (χ4v) is 5.51. The number of fused-ring (bicyclic) bond motifs is 2. The van der Waals surface area contributed by atoms with Gasteiger partial charge in [-0.2, -0.15) is 0 Å². The second-order valence-corrected chi connectivity index (χ2v) is 10.7. The lowest BCUT2D eigenvalue weighted by Gasteiger charge is -2.34. The molecule has 4 aromatic rings. The standard InChI is InChI=1S/C32H35N5O6/c1-3-26-30(34-32(40)41-19-22-4-9-27-28(17-22)43-20-42-27)37-18-25(16-21(2)29(37)33-26)23-5-7-24(8-6-23)31(39)36-12-10-35(11-13-36)14-15-38/h4-9,16-18,38H,3,10-15,19-20H2,1-2H3,(H,34,40). The van der Waals surface area contributed by atoms with Gasteiger partial charge in [0.05, 0.1) is 12.3 Å². The van der Waals surface area contributed by atoms with Crippen LogP contribution in [0.2, 0.25) is 0 Å². The zero-order chi connectivity index (χ0) is 29.9. The number of benzene rings is 2. The summed E-state index contributed by atoms with van der Waals surface area (Å²) in [6.45, 7) is 7.81. The van der Waals surface area contributed by atoms with E-state index in [4.69, 9.17) is 24.3 Å². The van der Waals surface area contributed by atoms with E-state index in [0.29, 0.717) is 48.9 Å². The summed E-state index contributed by atoms with van der Waals surface area (Å²) in [4.78, 5) is 34.8. The number of piperazine rings is 1. The van der Waals surface area contributed by atoms with E-state index in [-0.39, 0.29) is 25.9 Å². The first-order chi connectivity index (χ1) is 20.9. The first-order valence-electron chi connectivity index (χ1n) is 14.5. The molecule has 0 unspecified atom stereocenters. The Morgan fingerprint density at radius 2 is 1.77 bits per heavy atom. The van der Waals surface area contributed by atoms with Gasteiger partial charge in [0.15, 0.2) is 11.5 Å². The van der Waals surface area contributed by atoms with Crippen LogP contribution in [0.5, 0.6) is 11.5 Å². The minimum atomic E-state index is -0.586. The largest absolute Gasteiger partial charge is 0.454 e. The number of aromatic nitrogens is 2. The van der Waals surface area contributed by atoms with E-state index in [0.717, 1.165) is 46.7 Å². The molecule has 0 aliphatic carbocycles. The van der Waals surface area contributed by atoms with Crippen molar-refractivity contribution in [2.24, 2.45) is 0 Å². The second-order valence-electron chi connectivity index (χ2n) is 10.7. The van der Waals surface area contributed by atoms with Crippen molar-refractivity contribution in [3.05, 3.63) is 77.1 Å². The van der Waals surface area contributed by atoms with Crippen molar-refractivity contribution in [3.8, 4) is 22.6 Å². The van der Waals surface area contributed by atoms with Gasteiger partial charge < -0.3 is 24.2 Å². The van der Waals surface area contributed by atoms with Crippen LogP contribution in [0.25, 0.3) is 16.8 Å². The third-order valence-corrected chi connectivity index (χ3v) is 7.88. The molecule has 2 amide bonds. The number of aliphatic hydroxyl groups excluding tert-OH is 1. The molecule has 0 radical (unpaired) electrons. The van der Waals surface area contributed by atoms with Crippen LogP contribution in [0.3, 0.4) is 0 Å². The van der Waals surface area contributed by atoms with Crippen LogP contribution in [0.15, 0.2) is 54.7 Å². The van der Waals surface area contributed by atoms with Crippen LogP contribution < -0.4 is 14.8 Å². The highest BCUT2D eigenvalue weighted by Gasteiger charge is 2.22. The molecule has 2 aliphatic rings. The van der Waals surface area contributed by atoms with Gasteiger partial charge in [0.1, 0.15) is 18.1 Å². The lowest BCUT2D eigenvalue weighted by atomic mass is 10.0. The number of nitrogens with zero attached hydrogens (tertiary/aromatic N) is 4. The molecule has 2 aliphatic heterocycles. The molecule has 0 bridgehead atoms. The molecule has 2 N–H and O–H groups in total. The number of rotatable bonds is 8. The minimum absolute atomic E-state index is 0.00905. The number of β-amino-alcohol motifs (C(OH)–C–C–N with tert-alkyl or cyclic N) is 1. The Bertz CT molecular complexity index is 1640. The van der Waals surface area contributed by atoms with Crippen molar-refractivity contribution in [3.63, 3.8) is 0 Å². The molecule has 2 aromatic heterocycles. The van der Waals surface area contributed by atoms with E-state index < -0.39 is 6.09 Å². The fraction of sp³-hybridized carbons (Fsp3) is 0.344. The van der Waals surface area contributed by atoms with Crippen molar-refractivity contribution >= 4 is 23.5 Å². The highest BCUT2D eigenvalue weighted by molar-refractivity contribution is 5.95. The first-order valence-corrected chi connectivity index (χ1v) is 14.5. The summed E-state index contributed by atoms with van der Waals surface area (Å²) in [6, 6.07) is 15.1. The molecule has 6 rings (SSSR count). The van der Waals surface area contributed by atoms with Crippen molar-refractivity contribution < 1.29 is 28.9 Å². The topological polar surface area (TPSA) is 118 Å². The molecular formula is C32H35N5O6. The van der Waals surface area contributed by atoms with Crippen LogP contribution in [-0.2, 0) is 17.8 Å². The van der Waals surface area contributed by atoms with Gasteiger partial charge in [-0.1, -0.05) is 25.1 Å². The summed E-state index contributed by atoms with van der Waals surface area (Å²) in [5, 5.41) is 12.1. The summed E-state index contributed by atoms with van der Waals surface area (Å²) < 4.78 is 18.2. The van der Waals surface area contributed by atoms with Crippen molar-refractivity contribution in [1.29, 1.82) is 0 Å². The smallest absolute Gasteiger partial charge is 0.413 e. The number of carbonyl (C=O) groups is 2. The van der Waals surface area contributed by atoms with Gasteiger partial charge in [-0.15, -0.1) is 0 Å². The summed E-state index contributed by atoms with van der Waals surface area (Å²) in [7, 11) is 0. The Balaban J connectivity index is 1.17. The molecule has 0 atom stereocenters. The maximum atomic E-state index is 13.1. The number of hydrogen-bond acceptors (Lipinski definition) is 8. The minimum Gasteiger partial charge on any atom is -0.454 e. The Morgan fingerprint density at radius 3 is 2.51 bits per heavy atom. The maximum Gasteiger partial charge on any atom is 0.413 e. The zero-order valence-corrected chi connectivity index (χ0v) is 24.3. The molecule has 224 valence electrons. The van der Waals surface area contributed by atoms with Gasteiger partial charge in [0, 0.05) is 44.5 Å². The van der Waals surface area contributed by atoms with E-state index in [2.05, 4.69) is 16.3 Å². The van der Waals surface area contributed by atoms with Crippen molar-refractivity contribution in [1.82, 2.24) is 19.2 Å². The number of hydrogen-bond donors (Lipinski definition) is 2. The van der Waals surface area contributed by atoms with Gasteiger partial charge >= 0.3 is 6.09 Å². The van der Waals surface area contributed by atoms with Crippen LogP contribution in [-0.4, -0.2) is 82.4 Å². The van der Waals surface area contributed by atoms with Crippen LogP contribution in [0, 0.1) is 6.92 Å². The average Bonchev–Trinajstić information content (AvgIpc) is 3.65. The van der Waals surface area contributed by atoms with E-state index in [1.54, 1.807) is 12.1 Å². The van der Waals surface area contributed by atoms with Gasteiger partial charge in [-0.25, -0.2) is 9.78 Å². The molecule has 2 aromatic carbocycles. The number of amides is 2. The van der Waals surface area contributed by atoms with Crippen LogP contribution in [0.4, 0.5) is 10.6 Å². The van der Waals surface area contributed by atoms with Gasteiger partial charge in [-0.05, 0) is 65.9 Å². The van der Waals surface area contributed by atoms with E-state index in [1.807, 2.05) is 59.7 Å². The molecule has 4 heterocycles. The maximum absolute atomic E-state index is 13.1. The molecule has 0 saturated carbocycles. The van der Waals surface area contributed by atoms with E-state index in [9.17, 15) is 9.59 Å². The Kier molecular flexibility index (Phi) is 8.17. The molecule has 11 nitrogen and oxygen atoms in total. The van der Waals surface area contributed by atoms with Crippen LogP contribution >= 0.6 is 0 Å². The quantitative estimate of drug-likeness (QED) is 0.318. The Labute approximate surface area is 249 Å². The number of aryl methyl sites for hydroxylation is 2. The summed E-state index contributed by atoms with van der Waals surface area (Å²) >= 11 is 0. The number of ether oxygens (including phenoxy) is 3. The predicted octanol–water partition coefficient (Wildman–Crippen LogP) is 4.10. The molecule has 43 heavy (non-hydrogen) atoms. The Morgan fingerprint density at radius 1 is 1.00 bits per heavy atom. The molecule has 11 heteroatoms. The lowest BCUT2D eigenvalue weighted by Crippen LogP contribution is -2.49. The summed E-state index contributed by atoms with van der Waals surface area (Å²) in [5.74, 6) is 1.88. The molecule has 1 saturated heterocycles. The number of nitrogens with one attached hydrogen (secondary N) is 1. The normalized spacial score (nSPS) is 14.7. The number of carbonyl (C=O) groups excluding carboxylic acids is 2. The van der Waals surface area contributed by atoms with Gasteiger partial charge in [0.25, 0.3) is 5.91 Å². The number of anilines is 1. The zero-order valence-electron chi connectivity index (χ0n) is 24.3.